The van der Waals surface area contributed by atoms with Crippen molar-refractivity contribution in [2.75, 3.05) is 5.75 Å². The first-order chi connectivity index (χ1) is 7.36. The molecule has 0 heterocycles. The normalized spacial score (nSPS) is 10.7. The van der Waals surface area contributed by atoms with E-state index in [9.17, 15) is 18.3 Å². The number of benzene rings is 1. The van der Waals surface area contributed by atoms with E-state index in [1.165, 1.54) is 12.1 Å². The van der Waals surface area contributed by atoms with E-state index in [1.54, 1.807) is 6.07 Å². The fraction of sp³-hybridized carbons (Fsp3) is 0.300. The Bertz CT molecular complexity index is 513. The van der Waals surface area contributed by atoms with Gasteiger partial charge in [-0.25, -0.2) is 8.42 Å². The number of carbonyl (C=O) groups is 1. The predicted octanol–water partition coefficient (Wildman–Crippen LogP) is -2.57. The van der Waals surface area contributed by atoms with Crippen molar-refractivity contribution in [1.82, 2.24) is 0 Å². The zero-order chi connectivity index (χ0) is 12.3. The Kier molecular flexibility index (Phi) is 6.73. The number of rotatable bonds is 4. The van der Waals surface area contributed by atoms with Crippen molar-refractivity contribution < 1.29 is 47.9 Å². The van der Waals surface area contributed by atoms with Gasteiger partial charge >= 0.3 is 29.6 Å². The Hall–Kier alpha value is -0.0700. The van der Waals surface area contributed by atoms with Gasteiger partial charge in [-0.1, -0.05) is 24.6 Å². The Balaban J connectivity index is 0.00000256. The van der Waals surface area contributed by atoms with Crippen molar-refractivity contribution in [1.29, 1.82) is 0 Å². The first kappa shape index (κ1) is 16.9. The molecule has 0 radical (unpaired) electrons. The summed E-state index contributed by atoms with van der Waals surface area (Å²) in [5, 5.41) is 10.6. The number of carboxylic acid groups (broad SMARTS) is 1. The third kappa shape index (κ3) is 4.60. The summed E-state index contributed by atoms with van der Waals surface area (Å²) in [6, 6.07) is 4.19. The molecule has 0 saturated heterocycles. The summed E-state index contributed by atoms with van der Waals surface area (Å²) in [5.74, 6) is -2.66. The molecular formula is C10H10ClNaO4S. The van der Waals surface area contributed by atoms with Gasteiger partial charge in [0.1, 0.15) is 0 Å². The van der Waals surface area contributed by atoms with Gasteiger partial charge in [-0.05, 0) is 24.1 Å². The van der Waals surface area contributed by atoms with Crippen molar-refractivity contribution >= 4 is 27.4 Å². The summed E-state index contributed by atoms with van der Waals surface area (Å²) in [5.41, 5.74) is 0.814. The number of carboxylic acids is 1. The van der Waals surface area contributed by atoms with Crippen LogP contribution in [0.4, 0.5) is 0 Å². The van der Waals surface area contributed by atoms with Gasteiger partial charge in [-0.2, -0.15) is 0 Å². The average molecular weight is 285 g/mol. The van der Waals surface area contributed by atoms with Crippen LogP contribution in [0.15, 0.2) is 23.1 Å². The molecule has 0 unspecified atom stereocenters. The second kappa shape index (κ2) is 6.75. The Labute approximate surface area is 127 Å². The number of halogens is 1. The van der Waals surface area contributed by atoms with E-state index in [4.69, 9.17) is 11.6 Å². The largest absolute Gasteiger partial charge is 1.00 e. The Morgan fingerprint density at radius 2 is 2.00 bits per heavy atom. The summed E-state index contributed by atoms with van der Waals surface area (Å²) >= 11 is 5.84. The minimum atomic E-state index is -3.85. The fourth-order valence-electron chi connectivity index (χ4n) is 1.25. The molecule has 17 heavy (non-hydrogen) atoms. The van der Waals surface area contributed by atoms with Crippen LogP contribution in [0, 0.1) is 0 Å². The van der Waals surface area contributed by atoms with Crippen LogP contribution in [0.1, 0.15) is 12.5 Å². The Morgan fingerprint density at radius 3 is 2.41 bits per heavy atom. The number of carbonyl (C=O) groups excluding carboxylic acids is 1. The van der Waals surface area contributed by atoms with Crippen LogP contribution in [-0.4, -0.2) is 20.1 Å². The van der Waals surface area contributed by atoms with Crippen LogP contribution in [0.25, 0.3) is 0 Å². The zero-order valence-corrected chi connectivity index (χ0v) is 13.1. The molecule has 0 aliphatic carbocycles. The smallest absolute Gasteiger partial charge is 0.549 e. The molecule has 4 nitrogen and oxygen atoms in total. The monoisotopic (exact) mass is 284 g/mol. The molecule has 0 aliphatic heterocycles. The van der Waals surface area contributed by atoms with Gasteiger partial charge in [0.2, 0.25) is 0 Å². The minimum Gasteiger partial charge on any atom is -0.549 e. The van der Waals surface area contributed by atoms with Crippen molar-refractivity contribution in [2.24, 2.45) is 0 Å². The van der Waals surface area contributed by atoms with Gasteiger partial charge in [-0.15, -0.1) is 0 Å². The van der Waals surface area contributed by atoms with Crippen LogP contribution >= 0.6 is 11.6 Å². The quantitative estimate of drug-likeness (QED) is 0.570. The predicted molar refractivity (Wildman–Crippen MR) is 57.9 cm³/mol. The van der Waals surface area contributed by atoms with Crippen molar-refractivity contribution in [3.63, 3.8) is 0 Å². The van der Waals surface area contributed by atoms with E-state index in [0.717, 1.165) is 5.56 Å². The third-order valence-corrected chi connectivity index (χ3v) is 4.01. The number of aliphatic carboxylic acids is 1. The minimum absolute atomic E-state index is 0. The second-order valence-corrected chi connectivity index (χ2v) is 5.63. The SMILES string of the molecule is CCc1ccc(S(=O)(=O)CC(=O)[O-])cc1Cl.[Na+]. The molecule has 0 aromatic heterocycles. The standard InChI is InChI=1S/C10H11ClO4S.Na/c1-2-7-3-4-8(5-9(7)11)16(14,15)6-10(12)13;/h3-5H,2,6H2,1H3,(H,12,13);/q;+1/p-1. The average Bonchev–Trinajstić information content (AvgIpc) is 2.15. The van der Waals surface area contributed by atoms with Crippen molar-refractivity contribution in [3.05, 3.63) is 28.8 Å². The molecule has 0 amide bonds. The van der Waals surface area contributed by atoms with E-state index in [-0.39, 0.29) is 34.5 Å². The van der Waals surface area contributed by atoms with Gasteiger partial charge in [0, 0.05) is 5.02 Å². The van der Waals surface area contributed by atoms with Gasteiger partial charge in [0.15, 0.2) is 9.84 Å². The molecule has 0 spiro atoms. The first-order valence-corrected chi connectivity index (χ1v) is 6.61. The van der Waals surface area contributed by atoms with Crippen molar-refractivity contribution in [2.45, 2.75) is 18.2 Å². The van der Waals surface area contributed by atoms with Crippen LogP contribution in [0.2, 0.25) is 5.02 Å². The summed E-state index contributed by atoms with van der Waals surface area (Å²) < 4.78 is 23.0. The molecule has 0 atom stereocenters. The molecule has 0 aliphatic rings. The molecule has 0 fully saturated rings. The fourth-order valence-corrected chi connectivity index (χ4v) is 2.68. The summed E-state index contributed by atoms with van der Waals surface area (Å²) in [6.07, 6.45) is 0.680. The summed E-state index contributed by atoms with van der Waals surface area (Å²) in [7, 11) is -3.85. The van der Waals surface area contributed by atoms with Gasteiger partial charge < -0.3 is 9.90 Å². The van der Waals surface area contributed by atoms with E-state index >= 15 is 0 Å². The van der Waals surface area contributed by atoms with E-state index < -0.39 is 21.6 Å². The molecule has 1 aromatic carbocycles. The van der Waals surface area contributed by atoms with Crippen LogP contribution in [0.5, 0.6) is 0 Å². The molecule has 1 aromatic rings. The molecule has 88 valence electrons. The second-order valence-electron chi connectivity index (χ2n) is 3.24. The zero-order valence-electron chi connectivity index (χ0n) is 9.57. The summed E-state index contributed by atoms with van der Waals surface area (Å²) in [4.78, 5) is 10.2. The van der Waals surface area contributed by atoms with Gasteiger partial charge in [0.05, 0.1) is 16.6 Å². The molecule has 0 bridgehead atoms. The maximum Gasteiger partial charge on any atom is 1.00 e. The van der Waals surface area contributed by atoms with Crippen LogP contribution in [-0.2, 0) is 21.1 Å². The van der Waals surface area contributed by atoms with E-state index in [1.807, 2.05) is 6.92 Å². The van der Waals surface area contributed by atoms with Crippen LogP contribution in [0.3, 0.4) is 0 Å². The molecule has 0 N–H and O–H groups in total. The molecule has 0 saturated carbocycles. The Morgan fingerprint density at radius 1 is 1.41 bits per heavy atom. The molecular weight excluding hydrogens is 275 g/mol. The maximum absolute atomic E-state index is 11.5. The summed E-state index contributed by atoms with van der Waals surface area (Å²) in [6.45, 7) is 1.89. The first-order valence-electron chi connectivity index (χ1n) is 4.58. The van der Waals surface area contributed by atoms with Crippen molar-refractivity contribution in [3.8, 4) is 0 Å². The molecule has 7 heteroatoms. The number of sulfone groups is 1. The molecule has 1 rings (SSSR count). The number of hydrogen-bond acceptors (Lipinski definition) is 4. The number of aryl methyl sites for hydroxylation is 1. The van der Waals surface area contributed by atoms with Gasteiger partial charge in [-0.3, -0.25) is 0 Å². The maximum atomic E-state index is 11.5. The van der Waals surface area contributed by atoms with E-state index in [0.29, 0.717) is 11.4 Å². The van der Waals surface area contributed by atoms with E-state index in [2.05, 4.69) is 0 Å². The van der Waals surface area contributed by atoms with Gasteiger partial charge in [0.25, 0.3) is 0 Å². The number of hydrogen-bond donors (Lipinski definition) is 0. The van der Waals surface area contributed by atoms with Crippen LogP contribution < -0.4 is 34.7 Å². The third-order valence-electron chi connectivity index (χ3n) is 2.07. The topological polar surface area (TPSA) is 74.3 Å².